The van der Waals surface area contributed by atoms with Gasteiger partial charge in [0, 0.05) is 13.1 Å². The summed E-state index contributed by atoms with van der Waals surface area (Å²) in [7, 11) is 0. The number of nitrogens with one attached hydrogen (secondary N) is 1. The largest absolute Gasteiger partial charge is 0.481 e. The Kier molecular flexibility index (Phi) is 3.26. The third kappa shape index (κ3) is 2.24. The highest BCUT2D eigenvalue weighted by molar-refractivity contribution is 5.87. The van der Waals surface area contributed by atoms with Crippen molar-refractivity contribution in [1.29, 1.82) is 0 Å². The molecule has 4 atom stereocenters. The van der Waals surface area contributed by atoms with Crippen molar-refractivity contribution in [3.05, 3.63) is 12.2 Å². The van der Waals surface area contributed by atoms with Crippen molar-refractivity contribution in [3.8, 4) is 0 Å². The van der Waals surface area contributed by atoms with E-state index in [0.29, 0.717) is 26.3 Å². The van der Waals surface area contributed by atoms with Crippen LogP contribution in [0.1, 0.15) is 0 Å². The number of aliphatic carboxylic acids is 1. The molecular weight excluding hydrogens is 252 g/mol. The maximum atomic E-state index is 12.2. The molecule has 0 saturated carbocycles. The van der Waals surface area contributed by atoms with Gasteiger partial charge in [-0.1, -0.05) is 12.2 Å². The van der Waals surface area contributed by atoms with E-state index in [9.17, 15) is 14.7 Å². The number of rotatable bonds is 3. The molecule has 3 aliphatic heterocycles. The summed E-state index contributed by atoms with van der Waals surface area (Å²) < 4.78 is 10.7. The first-order valence-electron chi connectivity index (χ1n) is 6.36. The highest BCUT2D eigenvalue weighted by Gasteiger charge is 2.53. The van der Waals surface area contributed by atoms with E-state index >= 15 is 0 Å². The van der Waals surface area contributed by atoms with Gasteiger partial charge in [-0.3, -0.25) is 15.0 Å². The molecule has 2 N–H and O–H groups in total. The van der Waals surface area contributed by atoms with E-state index < -0.39 is 30.0 Å². The van der Waals surface area contributed by atoms with Crippen LogP contribution in [0.3, 0.4) is 0 Å². The first-order valence-corrected chi connectivity index (χ1v) is 6.36. The zero-order valence-corrected chi connectivity index (χ0v) is 10.3. The number of fused-ring (bicyclic) bond motifs is 2. The summed E-state index contributed by atoms with van der Waals surface area (Å²) in [6.07, 6.45) is 2.59. The molecule has 0 aromatic rings. The molecule has 0 aromatic carbocycles. The third-order valence-corrected chi connectivity index (χ3v) is 3.77. The number of hydrogen-bond donors (Lipinski definition) is 2. The molecule has 7 heteroatoms. The summed E-state index contributed by atoms with van der Waals surface area (Å²) in [5.74, 6) is -2.73. The topological polar surface area (TPSA) is 88.1 Å². The van der Waals surface area contributed by atoms with E-state index in [1.54, 1.807) is 17.2 Å². The second-order valence-electron chi connectivity index (χ2n) is 4.92. The Hall–Kier alpha value is -1.44. The lowest BCUT2D eigenvalue weighted by atomic mass is 9.82. The number of hydrogen-bond acceptors (Lipinski definition) is 5. The van der Waals surface area contributed by atoms with Gasteiger partial charge >= 0.3 is 5.97 Å². The van der Waals surface area contributed by atoms with Gasteiger partial charge in [0.15, 0.2) is 0 Å². The summed E-state index contributed by atoms with van der Waals surface area (Å²) >= 11 is 0. The lowest BCUT2D eigenvalue weighted by Gasteiger charge is -2.29. The Morgan fingerprint density at radius 2 is 1.79 bits per heavy atom. The van der Waals surface area contributed by atoms with Gasteiger partial charge < -0.3 is 14.6 Å². The molecule has 2 fully saturated rings. The Morgan fingerprint density at radius 3 is 2.42 bits per heavy atom. The van der Waals surface area contributed by atoms with Crippen LogP contribution in [-0.4, -0.2) is 60.5 Å². The van der Waals surface area contributed by atoms with E-state index in [4.69, 9.17) is 9.47 Å². The van der Waals surface area contributed by atoms with E-state index in [2.05, 4.69) is 5.43 Å². The normalized spacial score (nSPS) is 37.5. The van der Waals surface area contributed by atoms with Crippen LogP contribution in [0.2, 0.25) is 0 Å². The van der Waals surface area contributed by atoms with E-state index in [1.807, 2.05) is 0 Å². The maximum absolute atomic E-state index is 12.2. The van der Waals surface area contributed by atoms with Crippen molar-refractivity contribution in [2.45, 2.75) is 12.2 Å². The van der Waals surface area contributed by atoms with Gasteiger partial charge in [-0.15, -0.1) is 0 Å². The van der Waals surface area contributed by atoms with Gasteiger partial charge in [-0.2, -0.15) is 0 Å². The van der Waals surface area contributed by atoms with Gasteiger partial charge in [0.25, 0.3) is 0 Å². The van der Waals surface area contributed by atoms with Gasteiger partial charge in [-0.25, -0.2) is 5.01 Å². The fourth-order valence-corrected chi connectivity index (χ4v) is 2.82. The lowest BCUT2D eigenvalue weighted by molar-refractivity contribution is -0.148. The highest BCUT2D eigenvalue weighted by atomic mass is 16.5. The number of morpholine rings is 1. The lowest BCUT2D eigenvalue weighted by Crippen LogP contribution is -2.53. The minimum Gasteiger partial charge on any atom is -0.481 e. The monoisotopic (exact) mass is 268 g/mol. The number of amides is 1. The highest BCUT2D eigenvalue weighted by Crippen LogP contribution is 2.39. The van der Waals surface area contributed by atoms with Crippen LogP contribution in [0.25, 0.3) is 0 Å². The smallest absolute Gasteiger partial charge is 0.310 e. The zero-order chi connectivity index (χ0) is 13.4. The number of carbonyl (C=O) groups is 2. The average Bonchev–Trinajstić information content (AvgIpc) is 2.99. The van der Waals surface area contributed by atoms with Crippen molar-refractivity contribution in [3.63, 3.8) is 0 Å². The molecule has 0 aliphatic carbocycles. The average molecular weight is 268 g/mol. The molecule has 1 amide bonds. The van der Waals surface area contributed by atoms with Crippen molar-refractivity contribution < 1.29 is 24.2 Å². The molecule has 19 heavy (non-hydrogen) atoms. The quantitative estimate of drug-likeness (QED) is 0.639. The van der Waals surface area contributed by atoms with Gasteiger partial charge in [0.1, 0.15) is 5.92 Å². The molecule has 0 aromatic heterocycles. The fourth-order valence-electron chi connectivity index (χ4n) is 2.82. The molecule has 104 valence electrons. The number of carbonyl (C=O) groups excluding carboxylic acids is 1. The molecule has 3 aliphatic rings. The van der Waals surface area contributed by atoms with Crippen molar-refractivity contribution >= 4 is 11.9 Å². The van der Waals surface area contributed by atoms with Crippen LogP contribution in [0.5, 0.6) is 0 Å². The van der Waals surface area contributed by atoms with Crippen molar-refractivity contribution in [2.24, 2.45) is 11.8 Å². The number of carboxylic acids is 1. The predicted octanol–water partition coefficient (Wildman–Crippen LogP) is -0.996. The summed E-state index contributed by atoms with van der Waals surface area (Å²) in [6.45, 7) is 2.35. The van der Waals surface area contributed by atoms with Crippen LogP contribution < -0.4 is 5.43 Å². The molecule has 3 heterocycles. The first-order chi connectivity index (χ1) is 9.16. The summed E-state index contributed by atoms with van der Waals surface area (Å²) in [5, 5.41) is 11.0. The molecule has 0 unspecified atom stereocenters. The van der Waals surface area contributed by atoms with Gasteiger partial charge in [-0.05, 0) is 0 Å². The van der Waals surface area contributed by atoms with E-state index in [-0.39, 0.29) is 5.91 Å². The SMILES string of the molecule is O=C(O)[C@@H]1[C@@H](C(=O)NN2CCOCC2)[C@@H]2C=C[C@@H]1O2. The molecule has 2 saturated heterocycles. The maximum Gasteiger partial charge on any atom is 0.310 e. The fraction of sp³-hybridized carbons (Fsp3) is 0.667. The Balaban J connectivity index is 1.68. The number of hydrazine groups is 1. The Labute approximate surface area is 110 Å². The standard InChI is InChI=1S/C12H16N2O5/c15-11(13-14-3-5-18-6-4-14)9-7-1-2-8(19-7)10(9)12(16)17/h1-2,7-10H,3-6H2,(H,13,15)(H,16,17)/t7-,8-,9-,10-/m0/s1. The van der Waals surface area contributed by atoms with Gasteiger partial charge in [0.2, 0.25) is 5.91 Å². The molecular formula is C12H16N2O5. The summed E-state index contributed by atoms with van der Waals surface area (Å²) in [6, 6.07) is 0. The number of ether oxygens (including phenoxy) is 2. The summed E-state index contributed by atoms with van der Waals surface area (Å²) in [4.78, 5) is 23.5. The second kappa shape index (κ2) is 4.92. The molecule has 7 nitrogen and oxygen atoms in total. The molecule has 2 bridgehead atoms. The van der Waals surface area contributed by atoms with Crippen LogP contribution in [0.4, 0.5) is 0 Å². The molecule has 0 radical (unpaired) electrons. The third-order valence-electron chi connectivity index (χ3n) is 3.77. The number of carboxylic acid groups (broad SMARTS) is 1. The van der Waals surface area contributed by atoms with Crippen LogP contribution in [0, 0.1) is 11.8 Å². The predicted molar refractivity (Wildman–Crippen MR) is 63.0 cm³/mol. The van der Waals surface area contributed by atoms with Crippen LogP contribution in [0.15, 0.2) is 12.2 Å². The summed E-state index contributed by atoms with van der Waals surface area (Å²) in [5.41, 5.74) is 2.77. The second-order valence-corrected chi connectivity index (χ2v) is 4.92. The van der Waals surface area contributed by atoms with Crippen molar-refractivity contribution in [2.75, 3.05) is 26.3 Å². The first kappa shape index (κ1) is 12.6. The minimum absolute atomic E-state index is 0.286. The Bertz CT molecular complexity index is 418. The van der Waals surface area contributed by atoms with E-state index in [0.717, 1.165) is 0 Å². The van der Waals surface area contributed by atoms with Crippen LogP contribution >= 0.6 is 0 Å². The van der Waals surface area contributed by atoms with Gasteiger partial charge in [0.05, 0.1) is 31.3 Å². The molecule has 0 spiro atoms. The zero-order valence-electron chi connectivity index (χ0n) is 10.3. The minimum atomic E-state index is -0.987. The molecule has 3 rings (SSSR count). The Morgan fingerprint density at radius 1 is 1.16 bits per heavy atom. The number of nitrogens with zero attached hydrogens (tertiary/aromatic N) is 1. The van der Waals surface area contributed by atoms with Crippen LogP contribution in [-0.2, 0) is 19.1 Å². The van der Waals surface area contributed by atoms with Crippen molar-refractivity contribution in [1.82, 2.24) is 10.4 Å². The van der Waals surface area contributed by atoms with E-state index in [1.165, 1.54) is 0 Å².